The normalized spacial score (nSPS) is 13.9. The molecule has 0 saturated heterocycles. The molecule has 0 heterocycles. The zero-order chi connectivity index (χ0) is 37.3. The van der Waals surface area contributed by atoms with Gasteiger partial charge in [-0.2, -0.15) is 0 Å². The van der Waals surface area contributed by atoms with Crippen LogP contribution in [0.2, 0.25) is 0 Å². The number of allylic oxidation sites excluding steroid dienone is 5. The quantitative estimate of drug-likeness (QED) is 0.0375. The van der Waals surface area contributed by atoms with E-state index in [4.69, 9.17) is 0 Å². The van der Waals surface area contributed by atoms with Crippen molar-refractivity contribution in [2.24, 2.45) is 0 Å². The van der Waals surface area contributed by atoms with Crippen molar-refractivity contribution >= 4 is 5.91 Å². The summed E-state index contributed by atoms with van der Waals surface area (Å²) in [7, 11) is 0. The van der Waals surface area contributed by atoms with Gasteiger partial charge in [-0.3, -0.25) is 4.79 Å². The Kier molecular flexibility index (Phi) is 40.2. The van der Waals surface area contributed by atoms with Crippen molar-refractivity contribution in [3.63, 3.8) is 0 Å². The van der Waals surface area contributed by atoms with Crippen LogP contribution in [0.25, 0.3) is 0 Å². The van der Waals surface area contributed by atoms with E-state index < -0.39 is 18.2 Å². The number of hydrogen-bond donors (Lipinski definition) is 4. The van der Waals surface area contributed by atoms with Crippen molar-refractivity contribution in [2.75, 3.05) is 6.61 Å². The first-order valence-corrected chi connectivity index (χ1v) is 22.3. The van der Waals surface area contributed by atoms with Gasteiger partial charge in [0.15, 0.2) is 0 Å². The molecule has 300 valence electrons. The molecule has 3 atom stereocenters. The van der Waals surface area contributed by atoms with Gasteiger partial charge in [0.1, 0.15) is 0 Å². The monoisotopic (exact) mass is 718 g/mol. The average molecular weight is 718 g/mol. The summed E-state index contributed by atoms with van der Waals surface area (Å²) < 4.78 is 0. The smallest absolute Gasteiger partial charge is 0.222 e. The van der Waals surface area contributed by atoms with Gasteiger partial charge in [0.05, 0.1) is 31.3 Å². The van der Waals surface area contributed by atoms with Gasteiger partial charge in [-0.1, -0.05) is 217 Å². The minimum atomic E-state index is -0.956. The number of aliphatic hydroxyl groups excluding tert-OH is 3. The predicted molar refractivity (Wildman–Crippen MR) is 222 cm³/mol. The molecule has 4 N–H and O–H groups in total. The van der Waals surface area contributed by atoms with E-state index in [2.05, 4.69) is 43.5 Å². The lowest BCUT2D eigenvalue weighted by atomic mass is 10.0. The highest BCUT2D eigenvalue weighted by molar-refractivity contribution is 5.76. The Morgan fingerprint density at radius 2 is 0.843 bits per heavy atom. The van der Waals surface area contributed by atoms with E-state index in [0.29, 0.717) is 6.42 Å². The third-order valence-corrected chi connectivity index (χ3v) is 10.2. The number of amides is 1. The summed E-state index contributed by atoms with van der Waals surface area (Å²) in [6, 6.07) is -0.764. The second-order valence-electron chi connectivity index (χ2n) is 15.3. The lowest BCUT2D eigenvalue weighted by Gasteiger charge is -2.21. The highest BCUT2D eigenvalue weighted by Crippen LogP contribution is 2.16. The van der Waals surface area contributed by atoms with Crippen LogP contribution in [0.3, 0.4) is 0 Å². The lowest BCUT2D eigenvalue weighted by molar-refractivity contribution is -0.124. The van der Waals surface area contributed by atoms with Gasteiger partial charge >= 0.3 is 0 Å². The summed E-state index contributed by atoms with van der Waals surface area (Å²) in [5.74, 6) is -0.329. The minimum Gasteiger partial charge on any atom is -0.394 e. The van der Waals surface area contributed by atoms with Crippen molar-refractivity contribution in [1.29, 1.82) is 0 Å². The third kappa shape index (κ3) is 38.1. The van der Waals surface area contributed by atoms with Gasteiger partial charge in [-0.05, 0) is 38.5 Å². The molecule has 0 aromatic carbocycles. The Morgan fingerprint density at radius 3 is 1.24 bits per heavy atom. The fraction of sp³-hybridized carbons (Fsp3) is 0.848. The molecule has 0 aliphatic carbocycles. The van der Waals surface area contributed by atoms with E-state index in [1.54, 1.807) is 6.08 Å². The van der Waals surface area contributed by atoms with Crippen molar-refractivity contribution in [3.8, 4) is 0 Å². The van der Waals surface area contributed by atoms with Crippen molar-refractivity contribution < 1.29 is 20.1 Å². The van der Waals surface area contributed by atoms with Gasteiger partial charge in [0.2, 0.25) is 5.91 Å². The zero-order valence-electron chi connectivity index (χ0n) is 34.0. The number of rotatable bonds is 40. The van der Waals surface area contributed by atoms with Crippen molar-refractivity contribution in [1.82, 2.24) is 5.32 Å². The number of hydrogen-bond acceptors (Lipinski definition) is 4. The highest BCUT2D eigenvalue weighted by Gasteiger charge is 2.20. The number of carbonyl (C=O) groups is 1. The number of nitrogens with one attached hydrogen (secondary N) is 1. The molecule has 3 unspecified atom stereocenters. The van der Waals surface area contributed by atoms with E-state index in [9.17, 15) is 20.1 Å². The summed E-state index contributed by atoms with van der Waals surface area (Å²) in [6.45, 7) is 4.15. The van der Waals surface area contributed by atoms with Crippen LogP contribution in [0, 0.1) is 0 Å². The van der Waals surface area contributed by atoms with E-state index in [1.807, 2.05) is 6.08 Å². The summed E-state index contributed by atoms with van der Waals surface area (Å²) in [5.41, 5.74) is 0. The van der Waals surface area contributed by atoms with Gasteiger partial charge in [-0.15, -0.1) is 0 Å². The topological polar surface area (TPSA) is 89.8 Å². The summed E-state index contributed by atoms with van der Waals surface area (Å²) in [6.07, 6.45) is 51.6. The molecule has 0 aromatic heterocycles. The molecule has 5 heteroatoms. The number of unbranched alkanes of at least 4 members (excludes halogenated alkanes) is 27. The molecule has 0 saturated carbocycles. The molecule has 0 rings (SSSR count). The van der Waals surface area contributed by atoms with Crippen LogP contribution in [0.4, 0.5) is 0 Å². The lowest BCUT2D eigenvalue weighted by Crippen LogP contribution is -2.45. The molecular weight excluding hydrogens is 631 g/mol. The van der Waals surface area contributed by atoms with Crippen molar-refractivity contribution in [3.05, 3.63) is 36.5 Å². The maximum absolute atomic E-state index is 12.4. The Hall–Kier alpha value is -1.43. The summed E-state index contributed by atoms with van der Waals surface area (Å²) in [4.78, 5) is 12.4. The molecular formula is C46H87NO4. The molecule has 5 nitrogen and oxygen atoms in total. The molecule has 0 aliphatic heterocycles. The molecule has 51 heavy (non-hydrogen) atoms. The highest BCUT2D eigenvalue weighted by atomic mass is 16.3. The van der Waals surface area contributed by atoms with Crippen LogP contribution in [0.5, 0.6) is 0 Å². The van der Waals surface area contributed by atoms with E-state index >= 15 is 0 Å². The van der Waals surface area contributed by atoms with Gasteiger partial charge < -0.3 is 20.6 Å². The van der Waals surface area contributed by atoms with Crippen LogP contribution in [0.1, 0.15) is 226 Å². The first-order valence-electron chi connectivity index (χ1n) is 22.3. The molecule has 1 amide bonds. The standard InChI is InChI=1S/C46H87NO4/c1-3-5-7-9-11-13-15-17-18-19-20-21-22-23-24-25-26-27-28-29-31-33-35-37-39-43(49)41-46(51)47-44(42-48)45(50)40-38-36-34-32-30-16-14-12-10-8-6-4-2/h10,12,30,32,38,40,43-45,48-50H,3-9,11,13-29,31,33-37,39,41-42H2,1-2H3,(H,47,51)/b12-10+,32-30+,40-38+. The van der Waals surface area contributed by atoms with Gasteiger partial charge in [0.25, 0.3) is 0 Å². The van der Waals surface area contributed by atoms with Crippen molar-refractivity contribution in [2.45, 2.75) is 244 Å². The van der Waals surface area contributed by atoms with E-state index in [0.717, 1.165) is 38.5 Å². The Balaban J connectivity index is 3.60. The average Bonchev–Trinajstić information content (AvgIpc) is 3.12. The fourth-order valence-corrected chi connectivity index (χ4v) is 6.71. The molecule has 0 aromatic rings. The van der Waals surface area contributed by atoms with Crippen LogP contribution in [-0.2, 0) is 4.79 Å². The van der Waals surface area contributed by atoms with E-state index in [-0.39, 0.29) is 18.9 Å². The second kappa shape index (κ2) is 41.3. The number of aliphatic hydroxyl groups is 3. The third-order valence-electron chi connectivity index (χ3n) is 10.2. The molecule has 0 aliphatic rings. The Labute approximate surface area is 317 Å². The van der Waals surface area contributed by atoms with Gasteiger partial charge in [0, 0.05) is 0 Å². The summed E-state index contributed by atoms with van der Waals surface area (Å²) in [5, 5.41) is 33.1. The fourth-order valence-electron chi connectivity index (χ4n) is 6.71. The molecule has 0 spiro atoms. The molecule has 0 bridgehead atoms. The second-order valence-corrected chi connectivity index (χ2v) is 15.3. The predicted octanol–water partition coefficient (Wildman–Crippen LogP) is 12.8. The zero-order valence-corrected chi connectivity index (χ0v) is 34.0. The first kappa shape index (κ1) is 49.6. The largest absolute Gasteiger partial charge is 0.394 e. The summed E-state index contributed by atoms with van der Waals surface area (Å²) >= 11 is 0. The van der Waals surface area contributed by atoms with Crippen LogP contribution in [-0.4, -0.2) is 46.1 Å². The molecule has 0 radical (unpaired) electrons. The van der Waals surface area contributed by atoms with Gasteiger partial charge in [-0.25, -0.2) is 0 Å². The SMILES string of the molecule is CCCC/C=C/CC/C=C/CC/C=C/C(O)C(CO)NC(=O)CC(O)CCCCCCCCCCCCCCCCCCCCCCCCCC. The number of carbonyl (C=O) groups excluding carboxylic acids is 1. The van der Waals surface area contributed by atoms with Crippen LogP contribution < -0.4 is 5.32 Å². The molecule has 0 fully saturated rings. The van der Waals surface area contributed by atoms with E-state index in [1.165, 1.54) is 161 Å². The Morgan fingerprint density at radius 1 is 0.490 bits per heavy atom. The maximum atomic E-state index is 12.4. The first-order chi connectivity index (χ1) is 25.0. The minimum absolute atomic E-state index is 0.00484. The van der Waals surface area contributed by atoms with Crippen LogP contribution in [0.15, 0.2) is 36.5 Å². The Bertz CT molecular complexity index is 794. The maximum Gasteiger partial charge on any atom is 0.222 e. The van der Waals surface area contributed by atoms with Crippen LogP contribution >= 0.6 is 0 Å².